The molecule has 1 aliphatic rings. The Balaban J connectivity index is 1.57. The number of carbonyl (C=O) groups is 1. The van der Waals surface area contributed by atoms with Crippen molar-refractivity contribution in [2.45, 2.75) is 12.8 Å². The summed E-state index contributed by atoms with van der Waals surface area (Å²) < 4.78 is 0. The normalized spacial score (nSPS) is 15.3. The van der Waals surface area contributed by atoms with Crippen LogP contribution in [-0.2, 0) is 4.79 Å². The number of aliphatic hydroxyl groups excluding tert-OH is 1. The molecule has 186 valence electrons. The molecule has 0 aliphatic carbocycles. The van der Waals surface area contributed by atoms with Gasteiger partial charge in [0, 0.05) is 22.3 Å². The highest BCUT2D eigenvalue weighted by Gasteiger charge is 2.35. The number of nitrogens with one attached hydrogen (secondary N) is 2. The first-order valence-corrected chi connectivity index (χ1v) is 12.8. The molecule has 0 radical (unpaired) electrons. The zero-order valence-corrected chi connectivity index (χ0v) is 21.5. The van der Waals surface area contributed by atoms with E-state index in [-0.39, 0.29) is 11.7 Å². The molecule has 4 nitrogen and oxygen atoms in total. The summed E-state index contributed by atoms with van der Waals surface area (Å²) in [6.07, 6.45) is 1.59. The minimum Gasteiger partial charge on any atom is -0.513 e. The number of anilines is 2. The number of hydrogen-bond donors (Lipinski definition) is 3. The lowest BCUT2D eigenvalue weighted by Crippen LogP contribution is -2.28. The first-order chi connectivity index (χ1) is 18.5. The van der Waals surface area contributed by atoms with Crippen molar-refractivity contribution in [2.24, 2.45) is 0 Å². The number of amides is 1. The Morgan fingerprint density at radius 2 is 1.55 bits per heavy atom. The number of aliphatic hydroxyl groups is 1. The molecule has 1 atom stereocenters. The Kier molecular flexibility index (Phi) is 6.10. The molecule has 1 amide bonds. The van der Waals surface area contributed by atoms with Gasteiger partial charge in [-0.15, -0.1) is 0 Å². The monoisotopic (exact) mass is 516 g/mol. The summed E-state index contributed by atoms with van der Waals surface area (Å²) in [5.74, 6) is -0.661. The van der Waals surface area contributed by atoms with Gasteiger partial charge in [0.05, 0.1) is 17.0 Å². The van der Waals surface area contributed by atoms with Crippen LogP contribution >= 0.6 is 11.6 Å². The molecule has 0 saturated carbocycles. The number of carbonyl (C=O) groups excluding carboxylic acids is 1. The summed E-state index contributed by atoms with van der Waals surface area (Å²) in [5.41, 5.74) is 4.33. The molecule has 0 fully saturated rings. The number of rotatable bonds is 4. The predicted molar refractivity (Wildman–Crippen MR) is 157 cm³/mol. The summed E-state index contributed by atoms with van der Waals surface area (Å²) in [5, 5.41) is 21.6. The topological polar surface area (TPSA) is 61.4 Å². The van der Waals surface area contributed by atoms with Crippen molar-refractivity contribution in [2.75, 3.05) is 10.6 Å². The standard InChI is InChI=1S/C33H25ClN2O2/c1-20(37)18-29-32(33(38)35-24-16-14-21-8-2-3-10-23(21)19-24)31(26-12-6-7-13-27(26)34)30-25-11-5-4-9-22(25)15-17-28(30)36-29/h2-19,31,36-37H,1H3,(H,35,38)/b20-18+. The van der Waals surface area contributed by atoms with Gasteiger partial charge in [0.25, 0.3) is 5.91 Å². The van der Waals surface area contributed by atoms with Gasteiger partial charge in [-0.3, -0.25) is 4.79 Å². The van der Waals surface area contributed by atoms with Gasteiger partial charge in [-0.25, -0.2) is 0 Å². The zero-order chi connectivity index (χ0) is 26.2. The number of halogens is 1. The average molecular weight is 517 g/mol. The molecule has 1 unspecified atom stereocenters. The largest absolute Gasteiger partial charge is 0.513 e. The van der Waals surface area contributed by atoms with Crippen molar-refractivity contribution in [3.05, 3.63) is 142 Å². The van der Waals surface area contributed by atoms with Crippen molar-refractivity contribution in [1.82, 2.24) is 0 Å². The Labute approximate surface area is 225 Å². The summed E-state index contributed by atoms with van der Waals surface area (Å²) >= 11 is 6.78. The Hall–Kier alpha value is -4.54. The molecule has 0 saturated heterocycles. The quantitative estimate of drug-likeness (QED) is 0.210. The van der Waals surface area contributed by atoms with Crippen LogP contribution in [0.25, 0.3) is 21.5 Å². The van der Waals surface area contributed by atoms with Crippen molar-refractivity contribution < 1.29 is 9.90 Å². The molecule has 5 aromatic carbocycles. The minimum absolute atomic E-state index is 0.0886. The number of benzene rings is 5. The highest BCUT2D eigenvalue weighted by Crippen LogP contribution is 2.47. The molecule has 6 rings (SSSR count). The molecular weight excluding hydrogens is 492 g/mol. The van der Waals surface area contributed by atoms with Crippen LogP contribution in [0.2, 0.25) is 5.02 Å². The SMILES string of the molecule is C/C(O)=C\C1=C(C(=O)Nc2ccc3ccccc3c2)C(c2ccccc2Cl)c2c(ccc3ccccc23)N1. The molecule has 1 aliphatic heterocycles. The van der Waals surface area contributed by atoms with E-state index in [4.69, 9.17) is 11.6 Å². The molecule has 1 heterocycles. The zero-order valence-electron chi connectivity index (χ0n) is 20.7. The first-order valence-electron chi connectivity index (χ1n) is 12.4. The van der Waals surface area contributed by atoms with Gasteiger partial charge in [-0.2, -0.15) is 0 Å². The first kappa shape index (κ1) is 23.8. The van der Waals surface area contributed by atoms with E-state index >= 15 is 0 Å². The average Bonchev–Trinajstić information content (AvgIpc) is 2.92. The Morgan fingerprint density at radius 1 is 0.868 bits per heavy atom. The number of allylic oxidation sites excluding steroid dienone is 2. The van der Waals surface area contributed by atoms with Gasteiger partial charge in [0.2, 0.25) is 0 Å². The third-order valence-corrected chi connectivity index (χ3v) is 7.27. The molecule has 3 N–H and O–H groups in total. The highest BCUT2D eigenvalue weighted by molar-refractivity contribution is 6.31. The van der Waals surface area contributed by atoms with E-state index in [1.807, 2.05) is 84.9 Å². The second kappa shape index (κ2) is 9.73. The van der Waals surface area contributed by atoms with Gasteiger partial charge >= 0.3 is 0 Å². The lowest BCUT2D eigenvalue weighted by Gasteiger charge is -2.32. The summed E-state index contributed by atoms with van der Waals surface area (Å²) in [6.45, 7) is 1.59. The summed E-state index contributed by atoms with van der Waals surface area (Å²) in [7, 11) is 0. The van der Waals surface area contributed by atoms with E-state index in [0.29, 0.717) is 22.0 Å². The molecule has 0 bridgehead atoms. The highest BCUT2D eigenvalue weighted by atomic mass is 35.5. The Morgan fingerprint density at radius 3 is 2.34 bits per heavy atom. The Bertz CT molecular complexity index is 1780. The van der Waals surface area contributed by atoms with Crippen molar-refractivity contribution in [3.63, 3.8) is 0 Å². The summed E-state index contributed by atoms with van der Waals surface area (Å²) in [6, 6.07) is 33.7. The van der Waals surface area contributed by atoms with E-state index in [1.165, 1.54) is 0 Å². The van der Waals surface area contributed by atoms with Crippen molar-refractivity contribution in [3.8, 4) is 0 Å². The van der Waals surface area contributed by atoms with Gasteiger partial charge in [-0.1, -0.05) is 90.5 Å². The molecule has 0 spiro atoms. The van der Waals surface area contributed by atoms with Crippen molar-refractivity contribution >= 4 is 50.4 Å². The van der Waals surface area contributed by atoms with E-state index < -0.39 is 5.92 Å². The number of fused-ring (bicyclic) bond motifs is 4. The molecular formula is C33H25ClN2O2. The second-order valence-corrected chi connectivity index (χ2v) is 9.86. The predicted octanol–water partition coefficient (Wildman–Crippen LogP) is 8.56. The third kappa shape index (κ3) is 4.29. The smallest absolute Gasteiger partial charge is 0.254 e. The maximum Gasteiger partial charge on any atom is 0.254 e. The van der Waals surface area contributed by atoms with E-state index in [0.717, 1.165) is 38.4 Å². The van der Waals surface area contributed by atoms with E-state index in [2.05, 4.69) is 28.8 Å². The lowest BCUT2D eigenvalue weighted by molar-refractivity contribution is -0.113. The minimum atomic E-state index is -0.475. The maximum absolute atomic E-state index is 14.2. The van der Waals surface area contributed by atoms with Crippen LogP contribution in [0, 0.1) is 0 Å². The third-order valence-electron chi connectivity index (χ3n) is 6.93. The van der Waals surface area contributed by atoms with Gasteiger partial charge in [0.1, 0.15) is 0 Å². The van der Waals surface area contributed by atoms with Gasteiger partial charge in [0.15, 0.2) is 0 Å². The maximum atomic E-state index is 14.2. The summed E-state index contributed by atoms with van der Waals surface area (Å²) in [4.78, 5) is 14.2. The van der Waals surface area contributed by atoms with Crippen LogP contribution in [-0.4, -0.2) is 11.0 Å². The van der Waals surface area contributed by atoms with Gasteiger partial charge in [-0.05, 0) is 69.9 Å². The van der Waals surface area contributed by atoms with Crippen LogP contribution in [0.5, 0.6) is 0 Å². The second-order valence-electron chi connectivity index (χ2n) is 9.46. The van der Waals surface area contributed by atoms with Gasteiger partial charge < -0.3 is 15.7 Å². The fourth-order valence-corrected chi connectivity index (χ4v) is 5.53. The van der Waals surface area contributed by atoms with Crippen LogP contribution in [0.1, 0.15) is 24.0 Å². The molecule has 5 aromatic rings. The van der Waals surface area contributed by atoms with Crippen molar-refractivity contribution in [1.29, 1.82) is 0 Å². The van der Waals surface area contributed by atoms with Crippen LogP contribution in [0.15, 0.2) is 126 Å². The van der Waals surface area contributed by atoms with E-state index in [9.17, 15) is 9.90 Å². The fourth-order valence-electron chi connectivity index (χ4n) is 5.29. The van der Waals surface area contributed by atoms with E-state index in [1.54, 1.807) is 13.0 Å². The number of hydrogen-bond acceptors (Lipinski definition) is 3. The molecule has 0 aromatic heterocycles. The fraction of sp³-hybridized carbons (Fsp3) is 0.0606. The molecule has 5 heteroatoms. The molecule has 38 heavy (non-hydrogen) atoms. The lowest BCUT2D eigenvalue weighted by atomic mass is 9.78. The van der Waals surface area contributed by atoms with Crippen LogP contribution in [0.4, 0.5) is 11.4 Å². The van der Waals surface area contributed by atoms with Crippen LogP contribution < -0.4 is 10.6 Å². The van der Waals surface area contributed by atoms with Crippen LogP contribution in [0.3, 0.4) is 0 Å².